The second kappa shape index (κ2) is 7.80. The van der Waals surface area contributed by atoms with Gasteiger partial charge in [0.1, 0.15) is 0 Å². The molecule has 2 unspecified atom stereocenters. The molecule has 0 radical (unpaired) electrons. The van der Waals surface area contributed by atoms with E-state index in [0.717, 1.165) is 25.8 Å². The molecule has 0 spiro atoms. The van der Waals surface area contributed by atoms with Gasteiger partial charge in [-0.05, 0) is 26.7 Å². The summed E-state index contributed by atoms with van der Waals surface area (Å²) in [6.45, 7) is 9.01. The Morgan fingerprint density at radius 2 is 1.86 bits per heavy atom. The molecule has 0 fully saturated rings. The van der Waals surface area contributed by atoms with E-state index in [1.807, 2.05) is 6.92 Å². The first-order valence-corrected chi connectivity index (χ1v) is 5.65. The zero-order chi connectivity index (χ0) is 11.0. The summed E-state index contributed by atoms with van der Waals surface area (Å²) in [6.07, 6.45) is 3.26. The quantitative estimate of drug-likeness (QED) is 0.656. The van der Waals surface area contributed by atoms with E-state index in [0.29, 0.717) is 6.04 Å². The van der Waals surface area contributed by atoms with Crippen molar-refractivity contribution >= 4 is 5.91 Å². The minimum Gasteiger partial charge on any atom is -0.355 e. The monoisotopic (exact) mass is 200 g/mol. The third-order valence-electron chi connectivity index (χ3n) is 2.20. The molecule has 0 saturated heterocycles. The fourth-order valence-corrected chi connectivity index (χ4v) is 1.42. The van der Waals surface area contributed by atoms with Gasteiger partial charge in [0.05, 0.1) is 6.04 Å². The van der Waals surface area contributed by atoms with Gasteiger partial charge in [0.2, 0.25) is 5.91 Å². The van der Waals surface area contributed by atoms with Crippen molar-refractivity contribution < 1.29 is 4.79 Å². The van der Waals surface area contributed by atoms with E-state index in [4.69, 9.17) is 0 Å². The SMILES string of the molecule is CCCNC(=O)C(C)NC(C)CCC. The molecule has 0 aliphatic carbocycles. The van der Waals surface area contributed by atoms with Gasteiger partial charge in [-0.3, -0.25) is 4.79 Å². The van der Waals surface area contributed by atoms with E-state index in [-0.39, 0.29) is 11.9 Å². The van der Waals surface area contributed by atoms with Gasteiger partial charge in [-0.15, -0.1) is 0 Å². The van der Waals surface area contributed by atoms with Crippen molar-refractivity contribution in [3.8, 4) is 0 Å². The van der Waals surface area contributed by atoms with Crippen LogP contribution in [0.25, 0.3) is 0 Å². The van der Waals surface area contributed by atoms with Crippen molar-refractivity contribution in [3.05, 3.63) is 0 Å². The maximum atomic E-state index is 11.5. The second-order valence-corrected chi connectivity index (χ2v) is 3.87. The van der Waals surface area contributed by atoms with E-state index in [1.165, 1.54) is 0 Å². The lowest BCUT2D eigenvalue weighted by Crippen LogP contribution is -2.45. The lowest BCUT2D eigenvalue weighted by Gasteiger charge is -2.18. The maximum Gasteiger partial charge on any atom is 0.236 e. The largest absolute Gasteiger partial charge is 0.355 e. The first-order valence-electron chi connectivity index (χ1n) is 5.65. The number of nitrogens with one attached hydrogen (secondary N) is 2. The number of carbonyl (C=O) groups is 1. The van der Waals surface area contributed by atoms with Crippen LogP contribution in [0.2, 0.25) is 0 Å². The summed E-state index contributed by atoms with van der Waals surface area (Å²) in [6, 6.07) is 0.338. The van der Waals surface area contributed by atoms with Crippen LogP contribution in [0.5, 0.6) is 0 Å². The zero-order valence-corrected chi connectivity index (χ0v) is 9.89. The smallest absolute Gasteiger partial charge is 0.236 e. The van der Waals surface area contributed by atoms with E-state index < -0.39 is 0 Å². The average Bonchev–Trinajstić information content (AvgIpc) is 2.14. The van der Waals surface area contributed by atoms with Gasteiger partial charge in [-0.2, -0.15) is 0 Å². The van der Waals surface area contributed by atoms with Crippen LogP contribution in [-0.2, 0) is 4.79 Å². The average molecular weight is 200 g/mol. The minimum atomic E-state index is -0.0805. The highest BCUT2D eigenvalue weighted by Gasteiger charge is 2.13. The Morgan fingerprint density at radius 3 is 2.36 bits per heavy atom. The Hall–Kier alpha value is -0.570. The van der Waals surface area contributed by atoms with Gasteiger partial charge in [0.25, 0.3) is 0 Å². The number of amides is 1. The molecule has 0 aromatic heterocycles. The highest BCUT2D eigenvalue weighted by molar-refractivity contribution is 5.81. The van der Waals surface area contributed by atoms with Crippen molar-refractivity contribution in [2.75, 3.05) is 6.54 Å². The molecule has 2 atom stereocenters. The fourth-order valence-electron chi connectivity index (χ4n) is 1.42. The van der Waals surface area contributed by atoms with Crippen molar-refractivity contribution in [1.29, 1.82) is 0 Å². The molecule has 0 aliphatic rings. The van der Waals surface area contributed by atoms with E-state index in [1.54, 1.807) is 0 Å². The molecule has 14 heavy (non-hydrogen) atoms. The maximum absolute atomic E-state index is 11.5. The Labute approximate surface area is 87.6 Å². The molecule has 0 aliphatic heterocycles. The van der Waals surface area contributed by atoms with Crippen molar-refractivity contribution in [3.63, 3.8) is 0 Å². The predicted molar refractivity (Wildman–Crippen MR) is 60.3 cm³/mol. The standard InChI is InChI=1S/C11H24N2O/c1-5-7-9(3)13-10(4)11(14)12-8-6-2/h9-10,13H,5-8H2,1-4H3,(H,12,14). The summed E-state index contributed by atoms with van der Waals surface area (Å²) < 4.78 is 0. The van der Waals surface area contributed by atoms with Crippen molar-refractivity contribution in [1.82, 2.24) is 10.6 Å². The summed E-state index contributed by atoms with van der Waals surface area (Å²) in [7, 11) is 0. The van der Waals surface area contributed by atoms with Crippen LogP contribution in [0.4, 0.5) is 0 Å². The fraction of sp³-hybridized carbons (Fsp3) is 0.909. The lowest BCUT2D eigenvalue weighted by molar-refractivity contribution is -0.122. The van der Waals surface area contributed by atoms with Crippen molar-refractivity contribution in [2.45, 2.75) is 59.0 Å². The van der Waals surface area contributed by atoms with Gasteiger partial charge >= 0.3 is 0 Å². The van der Waals surface area contributed by atoms with Crippen LogP contribution in [0, 0.1) is 0 Å². The third kappa shape index (κ3) is 5.97. The van der Waals surface area contributed by atoms with Crippen LogP contribution in [0.15, 0.2) is 0 Å². The minimum absolute atomic E-state index is 0.0805. The normalized spacial score (nSPS) is 14.9. The Kier molecular flexibility index (Phi) is 7.48. The summed E-state index contributed by atoms with van der Waals surface area (Å²) >= 11 is 0. The summed E-state index contributed by atoms with van der Waals surface area (Å²) in [4.78, 5) is 11.5. The van der Waals surface area contributed by atoms with Crippen LogP contribution < -0.4 is 10.6 Å². The molecule has 84 valence electrons. The van der Waals surface area contributed by atoms with Gasteiger partial charge in [-0.25, -0.2) is 0 Å². The Morgan fingerprint density at radius 1 is 1.21 bits per heavy atom. The van der Waals surface area contributed by atoms with Gasteiger partial charge in [0.15, 0.2) is 0 Å². The molecule has 2 N–H and O–H groups in total. The van der Waals surface area contributed by atoms with E-state index >= 15 is 0 Å². The number of hydrogen-bond donors (Lipinski definition) is 2. The molecule has 0 bridgehead atoms. The van der Waals surface area contributed by atoms with Gasteiger partial charge in [-0.1, -0.05) is 20.3 Å². The zero-order valence-electron chi connectivity index (χ0n) is 9.89. The Balaban J connectivity index is 3.70. The third-order valence-corrected chi connectivity index (χ3v) is 2.20. The van der Waals surface area contributed by atoms with Crippen LogP contribution >= 0.6 is 0 Å². The van der Waals surface area contributed by atoms with Gasteiger partial charge in [0, 0.05) is 12.6 Å². The molecule has 3 heteroatoms. The number of hydrogen-bond acceptors (Lipinski definition) is 2. The topological polar surface area (TPSA) is 41.1 Å². The molecule has 0 aromatic rings. The van der Waals surface area contributed by atoms with Crippen LogP contribution in [0.3, 0.4) is 0 Å². The molecule has 0 saturated carbocycles. The Bertz CT molecular complexity index is 159. The molecule has 1 amide bonds. The molecular weight excluding hydrogens is 176 g/mol. The highest BCUT2D eigenvalue weighted by Crippen LogP contribution is 1.96. The molecule has 3 nitrogen and oxygen atoms in total. The summed E-state index contributed by atoms with van der Waals surface area (Å²) in [5.74, 6) is 0.106. The first-order chi connectivity index (χ1) is 6.61. The number of carbonyl (C=O) groups excluding carboxylic acids is 1. The van der Waals surface area contributed by atoms with E-state index in [9.17, 15) is 4.79 Å². The summed E-state index contributed by atoms with van der Waals surface area (Å²) in [5.41, 5.74) is 0. The molecule has 0 rings (SSSR count). The second-order valence-electron chi connectivity index (χ2n) is 3.87. The molecule has 0 aromatic carbocycles. The lowest BCUT2D eigenvalue weighted by atomic mass is 10.1. The molecule has 0 heterocycles. The number of rotatable bonds is 7. The highest BCUT2D eigenvalue weighted by atomic mass is 16.2. The molecular formula is C11H24N2O. The predicted octanol–water partition coefficient (Wildman–Crippen LogP) is 1.68. The van der Waals surface area contributed by atoms with E-state index in [2.05, 4.69) is 31.4 Å². The first kappa shape index (κ1) is 13.4. The summed E-state index contributed by atoms with van der Waals surface area (Å²) in [5, 5.41) is 6.16. The van der Waals surface area contributed by atoms with Crippen molar-refractivity contribution in [2.24, 2.45) is 0 Å². The van der Waals surface area contributed by atoms with Gasteiger partial charge < -0.3 is 10.6 Å². The van der Waals surface area contributed by atoms with Crippen LogP contribution in [-0.4, -0.2) is 24.5 Å². The van der Waals surface area contributed by atoms with Crippen LogP contribution in [0.1, 0.15) is 47.0 Å².